The average molecular weight is 289 g/mol. The Hall–Kier alpha value is -0.940. The van der Waals surface area contributed by atoms with Gasteiger partial charge < -0.3 is 10.1 Å². The van der Waals surface area contributed by atoms with Gasteiger partial charge in [0.15, 0.2) is 0 Å². The molecular weight excluding hydrogens is 262 g/mol. The van der Waals surface area contributed by atoms with Crippen LogP contribution in [0.1, 0.15) is 12.0 Å². The van der Waals surface area contributed by atoms with E-state index in [1.807, 2.05) is 0 Å². The van der Waals surface area contributed by atoms with Crippen molar-refractivity contribution in [2.75, 3.05) is 52.4 Å². The van der Waals surface area contributed by atoms with Crippen LogP contribution in [0, 0.1) is 0 Å². The number of nitrogens with zero attached hydrogens (tertiary/aromatic N) is 2. The molecule has 1 aromatic carbocycles. The topological polar surface area (TPSA) is 27.7 Å². The minimum atomic E-state index is 0.362. The quantitative estimate of drug-likeness (QED) is 0.901. The average Bonchev–Trinajstić information content (AvgIpc) is 2.77. The predicted octanol–water partition coefficient (Wildman–Crippen LogP) is 1.18. The van der Waals surface area contributed by atoms with Crippen molar-refractivity contribution in [2.24, 2.45) is 0 Å². The third kappa shape index (κ3) is 4.78. The number of ether oxygens (including phenoxy) is 1. The Morgan fingerprint density at radius 1 is 1.05 bits per heavy atom. The zero-order chi connectivity index (χ0) is 14.3. The summed E-state index contributed by atoms with van der Waals surface area (Å²) in [5.41, 5.74) is 1.40. The summed E-state index contributed by atoms with van der Waals surface area (Å²) in [5, 5.41) is 3.46. The van der Waals surface area contributed by atoms with Crippen LogP contribution in [0.15, 0.2) is 30.3 Å². The van der Waals surface area contributed by atoms with E-state index in [0.717, 1.165) is 52.4 Å². The first-order valence-corrected chi connectivity index (χ1v) is 8.21. The van der Waals surface area contributed by atoms with Crippen molar-refractivity contribution in [1.29, 1.82) is 0 Å². The van der Waals surface area contributed by atoms with Crippen LogP contribution < -0.4 is 5.32 Å². The Labute approximate surface area is 128 Å². The zero-order valence-corrected chi connectivity index (χ0v) is 12.8. The van der Waals surface area contributed by atoms with Crippen molar-refractivity contribution in [3.8, 4) is 0 Å². The molecule has 1 unspecified atom stereocenters. The summed E-state index contributed by atoms with van der Waals surface area (Å²) in [6, 6.07) is 10.8. The molecular formula is C17H27N3O. The molecule has 0 spiro atoms. The van der Waals surface area contributed by atoms with Crippen LogP contribution in [-0.4, -0.2) is 68.3 Å². The molecule has 0 bridgehead atoms. The van der Waals surface area contributed by atoms with E-state index in [2.05, 4.69) is 45.4 Å². The van der Waals surface area contributed by atoms with Gasteiger partial charge in [-0.1, -0.05) is 30.3 Å². The lowest BCUT2D eigenvalue weighted by atomic mass is 10.2. The van der Waals surface area contributed by atoms with Crippen molar-refractivity contribution in [3.05, 3.63) is 35.9 Å². The highest BCUT2D eigenvalue weighted by Gasteiger charge is 2.23. The van der Waals surface area contributed by atoms with Crippen LogP contribution in [0.25, 0.3) is 0 Å². The molecule has 4 heteroatoms. The highest BCUT2D eigenvalue weighted by molar-refractivity contribution is 5.14. The van der Waals surface area contributed by atoms with Crippen LogP contribution in [0.4, 0.5) is 0 Å². The van der Waals surface area contributed by atoms with Crippen LogP contribution in [0.5, 0.6) is 0 Å². The third-order valence-electron chi connectivity index (χ3n) is 4.37. The van der Waals surface area contributed by atoms with E-state index >= 15 is 0 Å². The van der Waals surface area contributed by atoms with E-state index in [0.29, 0.717) is 6.10 Å². The summed E-state index contributed by atoms with van der Waals surface area (Å²) in [6.45, 7) is 9.71. The Morgan fingerprint density at radius 2 is 1.95 bits per heavy atom. The highest BCUT2D eigenvalue weighted by Crippen LogP contribution is 2.12. The molecule has 21 heavy (non-hydrogen) atoms. The van der Waals surface area contributed by atoms with Gasteiger partial charge in [-0.2, -0.15) is 0 Å². The normalized spacial score (nSPS) is 25.6. The van der Waals surface area contributed by atoms with Gasteiger partial charge in [-0.05, 0) is 25.1 Å². The maximum absolute atomic E-state index is 5.99. The number of benzene rings is 1. The first-order chi connectivity index (χ1) is 10.4. The lowest BCUT2D eigenvalue weighted by Gasteiger charge is -2.35. The molecule has 0 amide bonds. The fourth-order valence-electron chi connectivity index (χ4n) is 3.25. The summed E-state index contributed by atoms with van der Waals surface area (Å²) in [6.07, 6.45) is 1.61. The Kier molecular flexibility index (Phi) is 5.63. The molecule has 0 aromatic heterocycles. The van der Waals surface area contributed by atoms with Gasteiger partial charge in [-0.3, -0.25) is 9.80 Å². The fourth-order valence-corrected chi connectivity index (χ4v) is 3.25. The fraction of sp³-hybridized carbons (Fsp3) is 0.647. The lowest BCUT2D eigenvalue weighted by molar-refractivity contribution is -0.0452. The molecule has 4 nitrogen and oxygen atoms in total. The van der Waals surface area contributed by atoms with Crippen molar-refractivity contribution in [3.63, 3.8) is 0 Å². The van der Waals surface area contributed by atoms with Gasteiger partial charge in [0.2, 0.25) is 0 Å². The molecule has 0 saturated carbocycles. The molecule has 1 N–H and O–H groups in total. The molecule has 2 aliphatic rings. The molecule has 116 valence electrons. The molecule has 3 rings (SSSR count). The standard InChI is InChI=1S/C17H27N3O/c1-2-5-16(6-3-1)13-20-11-12-21-17(15-20)14-19-9-4-7-18-8-10-19/h1-3,5-6,17-18H,4,7-15H2. The van der Waals surface area contributed by atoms with Crippen molar-refractivity contribution in [1.82, 2.24) is 15.1 Å². The van der Waals surface area contributed by atoms with E-state index in [1.165, 1.54) is 18.5 Å². The Morgan fingerprint density at radius 3 is 2.86 bits per heavy atom. The Bertz CT molecular complexity index is 404. The number of rotatable bonds is 4. The SMILES string of the molecule is c1ccc(CN2CCOC(CN3CCCNCC3)C2)cc1. The van der Waals surface area contributed by atoms with Crippen molar-refractivity contribution >= 4 is 0 Å². The maximum Gasteiger partial charge on any atom is 0.0829 e. The molecule has 2 fully saturated rings. The molecule has 1 aromatic rings. The van der Waals surface area contributed by atoms with E-state index < -0.39 is 0 Å². The first kappa shape index (κ1) is 15.0. The second-order valence-electron chi connectivity index (χ2n) is 6.12. The van der Waals surface area contributed by atoms with Crippen LogP contribution in [0.3, 0.4) is 0 Å². The number of morpholine rings is 1. The second-order valence-corrected chi connectivity index (χ2v) is 6.12. The molecule has 0 radical (unpaired) electrons. The summed E-state index contributed by atoms with van der Waals surface area (Å²) in [7, 11) is 0. The van der Waals surface area contributed by atoms with Crippen LogP contribution in [-0.2, 0) is 11.3 Å². The zero-order valence-electron chi connectivity index (χ0n) is 12.8. The summed E-state index contributed by atoms with van der Waals surface area (Å²) >= 11 is 0. The van der Waals surface area contributed by atoms with Gasteiger partial charge in [0.05, 0.1) is 12.7 Å². The van der Waals surface area contributed by atoms with Gasteiger partial charge >= 0.3 is 0 Å². The summed E-state index contributed by atoms with van der Waals surface area (Å²) < 4.78 is 5.99. The summed E-state index contributed by atoms with van der Waals surface area (Å²) in [4.78, 5) is 5.08. The van der Waals surface area contributed by atoms with Crippen molar-refractivity contribution < 1.29 is 4.74 Å². The third-order valence-corrected chi connectivity index (χ3v) is 4.37. The monoisotopic (exact) mass is 289 g/mol. The second kappa shape index (κ2) is 7.90. The van der Waals surface area contributed by atoms with Crippen LogP contribution >= 0.6 is 0 Å². The van der Waals surface area contributed by atoms with E-state index in [1.54, 1.807) is 0 Å². The highest BCUT2D eigenvalue weighted by atomic mass is 16.5. The minimum absolute atomic E-state index is 0.362. The van der Waals surface area contributed by atoms with Crippen LogP contribution in [0.2, 0.25) is 0 Å². The number of hydrogen-bond acceptors (Lipinski definition) is 4. The molecule has 2 saturated heterocycles. The Balaban J connectivity index is 1.48. The first-order valence-electron chi connectivity index (χ1n) is 8.21. The van der Waals surface area contributed by atoms with E-state index in [9.17, 15) is 0 Å². The maximum atomic E-state index is 5.99. The molecule has 2 heterocycles. The molecule has 2 aliphatic heterocycles. The smallest absolute Gasteiger partial charge is 0.0829 e. The molecule has 0 aliphatic carbocycles. The minimum Gasteiger partial charge on any atom is -0.374 e. The van der Waals surface area contributed by atoms with Gasteiger partial charge in [-0.15, -0.1) is 0 Å². The van der Waals surface area contributed by atoms with Gasteiger partial charge in [-0.25, -0.2) is 0 Å². The van der Waals surface area contributed by atoms with Gasteiger partial charge in [0.25, 0.3) is 0 Å². The van der Waals surface area contributed by atoms with Crippen molar-refractivity contribution in [2.45, 2.75) is 19.1 Å². The van der Waals surface area contributed by atoms with Gasteiger partial charge in [0, 0.05) is 39.3 Å². The predicted molar refractivity (Wildman–Crippen MR) is 85.4 cm³/mol. The summed E-state index contributed by atoms with van der Waals surface area (Å²) in [5.74, 6) is 0. The lowest BCUT2D eigenvalue weighted by Crippen LogP contribution is -2.47. The number of hydrogen-bond donors (Lipinski definition) is 1. The van der Waals surface area contributed by atoms with E-state index in [4.69, 9.17) is 4.74 Å². The van der Waals surface area contributed by atoms with E-state index in [-0.39, 0.29) is 0 Å². The largest absolute Gasteiger partial charge is 0.374 e. The van der Waals surface area contributed by atoms with Gasteiger partial charge in [0.1, 0.15) is 0 Å². The molecule has 1 atom stereocenters. The number of nitrogens with one attached hydrogen (secondary N) is 1.